The Kier molecular flexibility index (Phi) is 14.2. The smallest absolute Gasteiger partial charge is 0.156 e. The van der Waals surface area contributed by atoms with Crippen LogP contribution in [0.3, 0.4) is 0 Å². The number of aliphatic hydroxyl groups excluding tert-OH is 1. The Morgan fingerprint density at radius 3 is 2.34 bits per heavy atom. The maximum atomic E-state index is 10.3. The molecule has 1 N–H and O–H groups in total. The topological polar surface area (TPSA) is 96.7 Å². The summed E-state index contributed by atoms with van der Waals surface area (Å²) < 4.78 is 16.2. The summed E-state index contributed by atoms with van der Waals surface area (Å²) in [4.78, 5) is 2.91. The Balaban J connectivity index is 2.14. The van der Waals surface area contributed by atoms with E-state index in [2.05, 4.69) is 29.1 Å². The number of ether oxygens (including phenoxy) is 3. The Morgan fingerprint density at radius 2 is 1.69 bits per heavy atom. The van der Waals surface area contributed by atoms with Gasteiger partial charge in [-0.1, -0.05) is 54.7 Å². The summed E-state index contributed by atoms with van der Waals surface area (Å²) in [6.45, 7) is 2.75. The van der Waals surface area contributed by atoms with Gasteiger partial charge in [0.2, 0.25) is 0 Å². The zero-order valence-electron chi connectivity index (χ0n) is 18.1. The number of unbranched alkanes of at least 4 members (excludes halogenated alkanes) is 2. The molecule has 0 bridgehead atoms. The van der Waals surface area contributed by atoms with Gasteiger partial charge in [-0.05, 0) is 50.1 Å². The molecule has 0 aliphatic heterocycles. The molecule has 0 saturated heterocycles. The monoisotopic (exact) mass is 407 g/mol. The average molecular weight is 408 g/mol. The van der Waals surface area contributed by atoms with Gasteiger partial charge in [0, 0.05) is 25.2 Å². The minimum Gasteiger partial charge on any atom is -0.393 e. The van der Waals surface area contributed by atoms with Crippen LogP contribution in [0.4, 0.5) is 0 Å². The van der Waals surface area contributed by atoms with E-state index < -0.39 is 6.10 Å². The molecular formula is C22H37N3O4. The van der Waals surface area contributed by atoms with Gasteiger partial charge in [0.1, 0.15) is 0 Å². The van der Waals surface area contributed by atoms with Crippen LogP contribution in [0.2, 0.25) is 0 Å². The van der Waals surface area contributed by atoms with Gasteiger partial charge < -0.3 is 19.3 Å². The normalized spacial score (nSPS) is 14.4. The van der Waals surface area contributed by atoms with E-state index in [9.17, 15) is 5.11 Å². The minimum absolute atomic E-state index is 0.226. The summed E-state index contributed by atoms with van der Waals surface area (Å²) >= 11 is 0. The van der Waals surface area contributed by atoms with Gasteiger partial charge in [0.05, 0.1) is 18.8 Å². The van der Waals surface area contributed by atoms with Crippen LogP contribution in [0.1, 0.15) is 63.9 Å². The van der Waals surface area contributed by atoms with Crippen molar-refractivity contribution >= 4 is 0 Å². The lowest BCUT2D eigenvalue weighted by Gasteiger charge is -2.19. The molecule has 3 atom stereocenters. The molecule has 1 aromatic carbocycles. The van der Waals surface area contributed by atoms with Crippen molar-refractivity contribution in [2.45, 2.75) is 89.4 Å². The lowest BCUT2D eigenvalue weighted by molar-refractivity contribution is -0.107. The summed E-state index contributed by atoms with van der Waals surface area (Å²) in [6.07, 6.45) is 6.00. The molecule has 0 aliphatic carbocycles. The van der Waals surface area contributed by atoms with Crippen LogP contribution in [-0.2, 0) is 20.8 Å². The van der Waals surface area contributed by atoms with Crippen molar-refractivity contribution in [3.8, 4) is 0 Å². The van der Waals surface area contributed by atoms with Crippen molar-refractivity contribution in [2.75, 3.05) is 14.2 Å². The van der Waals surface area contributed by atoms with Crippen molar-refractivity contribution < 1.29 is 19.3 Å². The number of azide groups is 1. The van der Waals surface area contributed by atoms with Crippen molar-refractivity contribution in [3.05, 3.63) is 46.3 Å². The highest BCUT2D eigenvalue weighted by atomic mass is 16.7. The minimum atomic E-state index is -0.458. The first kappa shape index (κ1) is 25.4. The van der Waals surface area contributed by atoms with Crippen LogP contribution < -0.4 is 0 Å². The molecule has 0 fully saturated rings. The number of hydrogen-bond acceptors (Lipinski definition) is 5. The first-order valence-electron chi connectivity index (χ1n) is 10.5. The summed E-state index contributed by atoms with van der Waals surface area (Å²) in [5.41, 5.74) is 9.94. The number of methoxy groups -OCH3 is 2. The van der Waals surface area contributed by atoms with E-state index in [0.717, 1.165) is 25.7 Å². The third kappa shape index (κ3) is 12.5. The van der Waals surface area contributed by atoms with Crippen molar-refractivity contribution in [3.63, 3.8) is 0 Å². The number of rotatable bonds is 17. The van der Waals surface area contributed by atoms with E-state index >= 15 is 0 Å². The maximum absolute atomic E-state index is 10.3. The lowest BCUT2D eigenvalue weighted by atomic mass is 10.00. The molecule has 0 heterocycles. The zero-order chi connectivity index (χ0) is 21.3. The molecule has 0 aliphatic rings. The molecule has 0 unspecified atom stereocenters. The van der Waals surface area contributed by atoms with Crippen LogP contribution in [-0.4, -0.2) is 43.9 Å². The predicted octanol–water partition coefficient (Wildman–Crippen LogP) is 5.37. The van der Waals surface area contributed by atoms with Crippen molar-refractivity contribution in [1.82, 2.24) is 0 Å². The molecule has 164 valence electrons. The quantitative estimate of drug-likeness (QED) is 0.123. The molecule has 0 aromatic heterocycles. The van der Waals surface area contributed by atoms with Crippen molar-refractivity contribution in [1.29, 1.82) is 0 Å². The van der Waals surface area contributed by atoms with Gasteiger partial charge in [-0.25, -0.2) is 0 Å². The predicted molar refractivity (Wildman–Crippen MR) is 114 cm³/mol. The second kappa shape index (κ2) is 16.2. The number of hydrogen-bond donors (Lipinski definition) is 1. The first-order valence-corrected chi connectivity index (χ1v) is 10.5. The lowest BCUT2D eigenvalue weighted by Crippen LogP contribution is -2.20. The maximum Gasteiger partial charge on any atom is 0.156 e. The van der Waals surface area contributed by atoms with E-state index in [1.54, 1.807) is 14.2 Å². The highest BCUT2D eigenvalue weighted by Crippen LogP contribution is 2.17. The third-order valence-corrected chi connectivity index (χ3v) is 5.05. The summed E-state index contributed by atoms with van der Waals surface area (Å²) in [7, 11) is 3.16. The highest BCUT2D eigenvalue weighted by Gasteiger charge is 2.16. The second-order valence-electron chi connectivity index (χ2n) is 7.47. The molecule has 29 heavy (non-hydrogen) atoms. The number of nitrogens with zero attached hydrogens (tertiary/aromatic N) is 3. The van der Waals surface area contributed by atoms with Gasteiger partial charge >= 0.3 is 0 Å². The van der Waals surface area contributed by atoms with E-state index in [4.69, 9.17) is 19.7 Å². The summed E-state index contributed by atoms with van der Waals surface area (Å²) in [5, 5.41) is 14.1. The number of aliphatic hydroxyl groups is 1. The van der Waals surface area contributed by atoms with E-state index in [1.807, 2.05) is 18.2 Å². The molecule has 7 nitrogen and oxygen atoms in total. The van der Waals surface area contributed by atoms with Gasteiger partial charge in [-0.3, -0.25) is 0 Å². The fraction of sp³-hybridized carbons (Fsp3) is 0.727. The first-order chi connectivity index (χ1) is 14.1. The Bertz CT molecular complexity index is 562. The van der Waals surface area contributed by atoms with Crippen LogP contribution in [0.15, 0.2) is 35.4 Å². The Labute approximate surface area is 175 Å². The number of benzene rings is 1. The highest BCUT2D eigenvalue weighted by molar-refractivity contribution is 5.13. The molecule has 1 rings (SSSR count). The van der Waals surface area contributed by atoms with Crippen LogP contribution in [0, 0.1) is 0 Å². The largest absolute Gasteiger partial charge is 0.393 e. The van der Waals surface area contributed by atoms with Gasteiger partial charge in [-0.15, -0.1) is 0 Å². The van der Waals surface area contributed by atoms with E-state index in [0.29, 0.717) is 32.3 Å². The standard InChI is InChI=1S/C22H37N3O4/c1-18(29-17-19-11-7-5-8-12-19)10-6-4-9-13-21(26)16-20(24-25-23)14-15-22(27-2)28-3/h5,7-8,11-12,18,20-22,26H,4,6,9-10,13-17H2,1-3H3/t18-,20+,21+/m1/s1. The van der Waals surface area contributed by atoms with Crippen LogP contribution in [0.25, 0.3) is 10.4 Å². The van der Waals surface area contributed by atoms with Gasteiger partial charge in [0.25, 0.3) is 0 Å². The van der Waals surface area contributed by atoms with Crippen LogP contribution in [0.5, 0.6) is 0 Å². The molecule has 0 spiro atoms. The SMILES string of the molecule is COC(CC[C@@H](C[C@@H](O)CCCCC[C@@H](C)OCc1ccccc1)N=[N+]=[N-])OC. The van der Waals surface area contributed by atoms with Crippen molar-refractivity contribution in [2.24, 2.45) is 5.11 Å². The van der Waals surface area contributed by atoms with E-state index in [1.165, 1.54) is 5.56 Å². The average Bonchev–Trinajstić information content (AvgIpc) is 2.73. The molecule has 0 radical (unpaired) electrons. The Morgan fingerprint density at radius 1 is 1.00 bits per heavy atom. The summed E-state index contributed by atoms with van der Waals surface area (Å²) in [5.74, 6) is 0. The fourth-order valence-electron chi connectivity index (χ4n) is 3.27. The van der Waals surface area contributed by atoms with Gasteiger partial charge in [0.15, 0.2) is 6.29 Å². The Hall–Kier alpha value is -1.63. The molecule has 0 amide bonds. The molecule has 7 heteroatoms. The fourth-order valence-corrected chi connectivity index (χ4v) is 3.27. The van der Waals surface area contributed by atoms with Gasteiger partial charge in [-0.2, -0.15) is 0 Å². The van der Waals surface area contributed by atoms with Crippen LogP contribution >= 0.6 is 0 Å². The molecular weight excluding hydrogens is 370 g/mol. The van der Waals surface area contributed by atoms with E-state index in [-0.39, 0.29) is 18.4 Å². The molecule has 0 saturated carbocycles. The zero-order valence-corrected chi connectivity index (χ0v) is 18.1. The second-order valence-corrected chi connectivity index (χ2v) is 7.47. The molecule has 1 aromatic rings. The third-order valence-electron chi connectivity index (χ3n) is 5.05. The summed E-state index contributed by atoms with van der Waals surface area (Å²) in [6, 6.07) is 9.95.